The van der Waals surface area contributed by atoms with Crippen molar-refractivity contribution in [1.29, 1.82) is 0 Å². The largest absolute Gasteiger partial charge is 0.481 e. The molecule has 0 saturated carbocycles. The SMILES string of the molecule is CCCCCCCCCC/C=C\CCCCCCCCC(=O)O. The topological polar surface area (TPSA) is 37.3 Å². The molecule has 1 N–H and O–H groups in total. The second kappa shape index (κ2) is 19.3. The summed E-state index contributed by atoms with van der Waals surface area (Å²) in [6, 6.07) is 0. The van der Waals surface area contributed by atoms with Crippen molar-refractivity contribution in [1.82, 2.24) is 0 Å². The van der Waals surface area contributed by atoms with Crippen LogP contribution in [-0.2, 0) is 4.79 Å². The second-order valence-corrected chi connectivity index (χ2v) is 6.79. The fourth-order valence-corrected chi connectivity index (χ4v) is 2.88. The molecule has 0 heterocycles. The van der Waals surface area contributed by atoms with E-state index in [4.69, 9.17) is 5.11 Å². The standard InChI is InChI=1S/C21H40O2/c1-2-3-4-5-6-7-8-9-10-11-12-13-14-15-16-17-18-19-20-21(22)23/h11-12H,2-10,13-20H2,1H3,(H,22,23)/b12-11-. The molecule has 0 aromatic rings. The first-order valence-electron chi connectivity index (χ1n) is 10.1. The number of hydrogen-bond donors (Lipinski definition) is 1. The Morgan fingerprint density at radius 3 is 1.48 bits per heavy atom. The third-order valence-electron chi connectivity index (χ3n) is 4.40. The van der Waals surface area contributed by atoms with Gasteiger partial charge in [0.25, 0.3) is 0 Å². The number of carboxylic acids is 1. The van der Waals surface area contributed by atoms with E-state index in [-0.39, 0.29) is 0 Å². The Hall–Kier alpha value is -0.790. The van der Waals surface area contributed by atoms with Gasteiger partial charge in [-0.25, -0.2) is 0 Å². The summed E-state index contributed by atoms with van der Waals surface area (Å²) in [7, 11) is 0. The Kier molecular flexibility index (Phi) is 18.6. The molecule has 0 unspecified atom stereocenters. The molecular formula is C21H40O2. The average molecular weight is 325 g/mol. The summed E-state index contributed by atoms with van der Waals surface area (Å²) >= 11 is 0. The molecular weight excluding hydrogens is 284 g/mol. The van der Waals surface area contributed by atoms with Crippen LogP contribution < -0.4 is 0 Å². The van der Waals surface area contributed by atoms with Crippen LogP contribution in [0.5, 0.6) is 0 Å². The predicted octanol–water partition coefficient (Wildman–Crippen LogP) is 7.28. The van der Waals surface area contributed by atoms with Crippen LogP contribution in [0.25, 0.3) is 0 Å². The highest BCUT2D eigenvalue weighted by Crippen LogP contribution is 2.11. The highest BCUT2D eigenvalue weighted by molar-refractivity contribution is 5.66. The molecule has 0 aliphatic heterocycles. The molecule has 0 atom stereocenters. The molecule has 136 valence electrons. The fraction of sp³-hybridized carbons (Fsp3) is 0.857. The van der Waals surface area contributed by atoms with Gasteiger partial charge in [0.2, 0.25) is 0 Å². The van der Waals surface area contributed by atoms with Gasteiger partial charge in [0.1, 0.15) is 0 Å². The van der Waals surface area contributed by atoms with Gasteiger partial charge >= 0.3 is 5.97 Å². The third-order valence-corrected chi connectivity index (χ3v) is 4.40. The summed E-state index contributed by atoms with van der Waals surface area (Å²) in [4.78, 5) is 10.4. The Labute approximate surface area is 144 Å². The van der Waals surface area contributed by atoms with E-state index >= 15 is 0 Å². The molecule has 2 nitrogen and oxygen atoms in total. The van der Waals surface area contributed by atoms with Crippen molar-refractivity contribution in [2.75, 3.05) is 0 Å². The number of carboxylic acid groups (broad SMARTS) is 1. The molecule has 23 heavy (non-hydrogen) atoms. The van der Waals surface area contributed by atoms with Gasteiger partial charge in [-0.1, -0.05) is 89.7 Å². The Balaban J connectivity index is 3.07. The summed E-state index contributed by atoms with van der Waals surface area (Å²) in [5, 5.41) is 8.54. The minimum absolute atomic E-state index is 0.335. The zero-order valence-corrected chi connectivity index (χ0v) is 15.5. The quantitative estimate of drug-likeness (QED) is 0.212. The highest BCUT2D eigenvalue weighted by atomic mass is 16.4. The van der Waals surface area contributed by atoms with E-state index in [1.165, 1.54) is 89.9 Å². The van der Waals surface area contributed by atoms with Crippen LogP contribution in [0.3, 0.4) is 0 Å². The van der Waals surface area contributed by atoms with Crippen LogP contribution in [-0.4, -0.2) is 11.1 Å². The van der Waals surface area contributed by atoms with Crippen LogP contribution in [0.2, 0.25) is 0 Å². The van der Waals surface area contributed by atoms with E-state index in [1.54, 1.807) is 0 Å². The maximum Gasteiger partial charge on any atom is 0.303 e. The summed E-state index contributed by atoms with van der Waals surface area (Å²) < 4.78 is 0. The van der Waals surface area contributed by atoms with E-state index in [1.807, 2.05) is 0 Å². The molecule has 0 spiro atoms. The number of allylic oxidation sites excluding steroid dienone is 2. The van der Waals surface area contributed by atoms with Crippen LogP contribution >= 0.6 is 0 Å². The maximum atomic E-state index is 10.4. The molecule has 0 bridgehead atoms. The Morgan fingerprint density at radius 2 is 1.04 bits per heavy atom. The summed E-state index contributed by atoms with van der Waals surface area (Å²) in [5.74, 6) is -0.661. The number of carbonyl (C=O) groups is 1. The van der Waals surface area contributed by atoms with Gasteiger partial charge in [-0.15, -0.1) is 0 Å². The summed E-state index contributed by atoms with van der Waals surface area (Å²) in [5.41, 5.74) is 0. The summed E-state index contributed by atoms with van der Waals surface area (Å²) in [6.45, 7) is 2.27. The van der Waals surface area contributed by atoms with Crippen LogP contribution in [0, 0.1) is 0 Å². The molecule has 0 saturated heterocycles. The van der Waals surface area contributed by atoms with E-state index < -0.39 is 5.97 Å². The molecule has 0 aliphatic carbocycles. The van der Waals surface area contributed by atoms with Crippen molar-refractivity contribution < 1.29 is 9.90 Å². The normalized spacial score (nSPS) is 11.3. The Morgan fingerprint density at radius 1 is 0.652 bits per heavy atom. The third kappa shape index (κ3) is 21.2. The second-order valence-electron chi connectivity index (χ2n) is 6.79. The minimum atomic E-state index is -0.661. The fourth-order valence-electron chi connectivity index (χ4n) is 2.88. The Bertz CT molecular complexity index is 271. The highest BCUT2D eigenvalue weighted by Gasteiger charge is 1.96. The number of aliphatic carboxylic acids is 1. The predicted molar refractivity (Wildman–Crippen MR) is 101 cm³/mol. The van der Waals surface area contributed by atoms with E-state index in [9.17, 15) is 4.79 Å². The van der Waals surface area contributed by atoms with Crippen molar-refractivity contribution in [2.45, 2.75) is 116 Å². The van der Waals surface area contributed by atoms with Crippen molar-refractivity contribution in [3.8, 4) is 0 Å². The number of unbranched alkanes of at least 4 members (excludes halogenated alkanes) is 14. The zero-order valence-electron chi connectivity index (χ0n) is 15.5. The smallest absolute Gasteiger partial charge is 0.303 e. The first kappa shape index (κ1) is 22.2. The lowest BCUT2D eigenvalue weighted by Gasteiger charge is -2.00. The number of rotatable bonds is 18. The van der Waals surface area contributed by atoms with E-state index in [0.29, 0.717) is 6.42 Å². The van der Waals surface area contributed by atoms with Crippen LogP contribution in [0.4, 0.5) is 0 Å². The molecule has 0 rings (SSSR count). The van der Waals surface area contributed by atoms with Crippen molar-refractivity contribution in [2.24, 2.45) is 0 Å². The van der Waals surface area contributed by atoms with Crippen molar-refractivity contribution in [3.05, 3.63) is 12.2 Å². The molecule has 2 heteroatoms. The van der Waals surface area contributed by atoms with Gasteiger partial charge in [-0.3, -0.25) is 4.79 Å². The average Bonchev–Trinajstić information content (AvgIpc) is 2.53. The first-order valence-corrected chi connectivity index (χ1v) is 10.1. The molecule has 0 aromatic carbocycles. The molecule has 0 aromatic heterocycles. The lowest BCUT2D eigenvalue weighted by atomic mass is 10.1. The van der Waals surface area contributed by atoms with Gasteiger partial charge in [-0.2, -0.15) is 0 Å². The molecule has 0 amide bonds. The van der Waals surface area contributed by atoms with Crippen LogP contribution in [0.15, 0.2) is 12.2 Å². The molecule has 0 aliphatic rings. The lowest BCUT2D eigenvalue weighted by molar-refractivity contribution is -0.137. The van der Waals surface area contributed by atoms with Gasteiger partial charge in [0, 0.05) is 6.42 Å². The van der Waals surface area contributed by atoms with Crippen molar-refractivity contribution in [3.63, 3.8) is 0 Å². The van der Waals surface area contributed by atoms with Crippen LogP contribution in [0.1, 0.15) is 116 Å². The van der Waals surface area contributed by atoms with E-state index in [2.05, 4.69) is 19.1 Å². The summed E-state index contributed by atoms with van der Waals surface area (Å²) in [6.07, 6.45) is 25.7. The zero-order chi connectivity index (χ0) is 17.0. The van der Waals surface area contributed by atoms with Gasteiger partial charge in [0.05, 0.1) is 0 Å². The lowest BCUT2D eigenvalue weighted by Crippen LogP contribution is -1.93. The monoisotopic (exact) mass is 324 g/mol. The maximum absolute atomic E-state index is 10.4. The van der Waals surface area contributed by atoms with Gasteiger partial charge < -0.3 is 5.11 Å². The van der Waals surface area contributed by atoms with Gasteiger partial charge in [-0.05, 0) is 32.1 Å². The minimum Gasteiger partial charge on any atom is -0.481 e. The van der Waals surface area contributed by atoms with E-state index in [0.717, 1.165) is 12.8 Å². The first-order chi connectivity index (χ1) is 11.3. The van der Waals surface area contributed by atoms with Gasteiger partial charge in [0.15, 0.2) is 0 Å². The molecule has 0 fully saturated rings. The molecule has 0 radical (unpaired) electrons. The van der Waals surface area contributed by atoms with Crippen molar-refractivity contribution >= 4 is 5.97 Å². The number of hydrogen-bond acceptors (Lipinski definition) is 1.